The summed E-state index contributed by atoms with van der Waals surface area (Å²) in [6, 6.07) is 12.8. The smallest absolute Gasteiger partial charge is 0.337 e. The Bertz CT molecular complexity index is 601. The van der Waals surface area contributed by atoms with Gasteiger partial charge < -0.3 is 10.8 Å². The van der Waals surface area contributed by atoms with Crippen molar-refractivity contribution in [2.45, 2.75) is 9.79 Å². The average Bonchev–Trinajstić information content (AvgIpc) is 2.32. The third-order valence-corrected chi connectivity index (χ3v) is 4.34. The van der Waals surface area contributed by atoms with Crippen LogP contribution in [0, 0.1) is 0 Å². The number of carboxylic acid groups (broad SMARTS) is 1. The van der Waals surface area contributed by atoms with Gasteiger partial charge in [-0.15, -0.1) is 0 Å². The molecule has 0 heterocycles. The summed E-state index contributed by atoms with van der Waals surface area (Å²) in [5.41, 5.74) is 6.12. The molecule has 0 bridgehead atoms. The van der Waals surface area contributed by atoms with Crippen molar-refractivity contribution in [3.8, 4) is 0 Å². The van der Waals surface area contributed by atoms with Crippen LogP contribution in [0.1, 0.15) is 10.4 Å². The van der Waals surface area contributed by atoms with Gasteiger partial charge in [0, 0.05) is 20.0 Å². The van der Waals surface area contributed by atoms with Crippen LogP contribution >= 0.6 is 27.7 Å². The van der Waals surface area contributed by atoms with Crippen molar-refractivity contribution in [1.29, 1.82) is 0 Å². The highest BCUT2D eigenvalue weighted by Crippen LogP contribution is 2.34. The van der Waals surface area contributed by atoms with Crippen LogP contribution in [0.3, 0.4) is 0 Å². The summed E-state index contributed by atoms with van der Waals surface area (Å²) in [4.78, 5) is 12.8. The third kappa shape index (κ3) is 2.86. The van der Waals surface area contributed by atoms with Crippen molar-refractivity contribution in [3.63, 3.8) is 0 Å². The van der Waals surface area contributed by atoms with Crippen LogP contribution < -0.4 is 5.73 Å². The van der Waals surface area contributed by atoms with Crippen molar-refractivity contribution in [2.24, 2.45) is 0 Å². The van der Waals surface area contributed by atoms with E-state index in [2.05, 4.69) is 15.9 Å². The zero-order chi connectivity index (χ0) is 13.1. The zero-order valence-corrected chi connectivity index (χ0v) is 11.7. The van der Waals surface area contributed by atoms with Crippen molar-refractivity contribution >= 4 is 39.3 Å². The van der Waals surface area contributed by atoms with E-state index in [0.717, 1.165) is 14.3 Å². The molecular weight excluding hydrogens is 314 g/mol. The highest BCUT2D eigenvalue weighted by molar-refractivity contribution is 9.10. The summed E-state index contributed by atoms with van der Waals surface area (Å²) in [7, 11) is 0. The number of aromatic carboxylic acids is 1. The van der Waals surface area contributed by atoms with Crippen LogP contribution in [0.2, 0.25) is 0 Å². The van der Waals surface area contributed by atoms with Gasteiger partial charge in [0.25, 0.3) is 0 Å². The maximum absolute atomic E-state index is 10.9. The van der Waals surface area contributed by atoms with Gasteiger partial charge in [0.2, 0.25) is 0 Å². The standard InChI is InChI=1S/C13H10BrNO2S/c14-10-3-1-2-4-12(10)18-8-5-6-9(13(16)17)11(15)7-8/h1-7H,15H2,(H,16,17). The van der Waals surface area contributed by atoms with E-state index in [9.17, 15) is 4.79 Å². The molecule has 0 saturated carbocycles. The van der Waals surface area contributed by atoms with Gasteiger partial charge in [-0.2, -0.15) is 0 Å². The molecule has 3 nitrogen and oxygen atoms in total. The number of hydrogen-bond donors (Lipinski definition) is 2. The Labute approximate surface area is 117 Å². The van der Waals surface area contributed by atoms with Crippen molar-refractivity contribution in [2.75, 3.05) is 5.73 Å². The summed E-state index contributed by atoms with van der Waals surface area (Å²) in [6.45, 7) is 0. The molecule has 0 aliphatic rings. The lowest BCUT2D eigenvalue weighted by molar-refractivity contribution is 0.0698. The second-order valence-corrected chi connectivity index (χ2v) is 5.56. The number of rotatable bonds is 3. The number of carboxylic acids is 1. The monoisotopic (exact) mass is 323 g/mol. The Balaban J connectivity index is 2.29. The van der Waals surface area contributed by atoms with E-state index >= 15 is 0 Å². The predicted octanol–water partition coefficient (Wildman–Crippen LogP) is 3.88. The van der Waals surface area contributed by atoms with Crippen LogP contribution in [0.25, 0.3) is 0 Å². The first-order chi connectivity index (χ1) is 8.58. The minimum absolute atomic E-state index is 0.131. The van der Waals surface area contributed by atoms with Gasteiger partial charge >= 0.3 is 5.97 Å². The summed E-state index contributed by atoms with van der Waals surface area (Å²) in [6.07, 6.45) is 0. The molecule has 3 N–H and O–H groups in total. The van der Waals surface area contributed by atoms with Crippen LogP contribution in [0.15, 0.2) is 56.7 Å². The molecule has 2 aromatic carbocycles. The normalized spacial score (nSPS) is 10.3. The lowest BCUT2D eigenvalue weighted by Gasteiger charge is -2.06. The second kappa shape index (κ2) is 5.46. The molecule has 18 heavy (non-hydrogen) atoms. The van der Waals surface area contributed by atoms with E-state index in [4.69, 9.17) is 10.8 Å². The Morgan fingerprint density at radius 1 is 1.22 bits per heavy atom. The number of hydrogen-bond acceptors (Lipinski definition) is 3. The fraction of sp³-hybridized carbons (Fsp3) is 0. The topological polar surface area (TPSA) is 63.3 Å². The zero-order valence-electron chi connectivity index (χ0n) is 9.26. The highest BCUT2D eigenvalue weighted by atomic mass is 79.9. The van der Waals surface area contributed by atoms with Crippen LogP contribution in [0.5, 0.6) is 0 Å². The summed E-state index contributed by atoms with van der Waals surface area (Å²) in [5.74, 6) is -1.01. The average molecular weight is 324 g/mol. The predicted molar refractivity (Wildman–Crippen MR) is 76.1 cm³/mol. The molecular formula is C13H10BrNO2S. The van der Waals surface area contributed by atoms with Gasteiger partial charge in [-0.1, -0.05) is 23.9 Å². The van der Waals surface area contributed by atoms with E-state index < -0.39 is 5.97 Å². The summed E-state index contributed by atoms with van der Waals surface area (Å²) in [5, 5.41) is 8.90. The van der Waals surface area contributed by atoms with Crippen LogP contribution in [-0.4, -0.2) is 11.1 Å². The Kier molecular flexibility index (Phi) is 3.93. The molecule has 0 unspecified atom stereocenters. The molecule has 2 rings (SSSR count). The Morgan fingerprint density at radius 2 is 1.94 bits per heavy atom. The SMILES string of the molecule is Nc1cc(Sc2ccccc2Br)ccc1C(=O)O. The van der Waals surface area contributed by atoms with Gasteiger partial charge in [-0.3, -0.25) is 0 Å². The minimum Gasteiger partial charge on any atom is -0.478 e. The lowest BCUT2D eigenvalue weighted by Crippen LogP contribution is -2.01. The molecule has 5 heteroatoms. The van der Waals surface area contributed by atoms with E-state index in [1.807, 2.05) is 24.3 Å². The fourth-order valence-corrected chi connectivity index (χ4v) is 2.87. The minimum atomic E-state index is -1.01. The van der Waals surface area contributed by atoms with E-state index in [0.29, 0.717) is 0 Å². The fourth-order valence-electron chi connectivity index (χ4n) is 1.45. The quantitative estimate of drug-likeness (QED) is 0.841. The Morgan fingerprint density at radius 3 is 2.56 bits per heavy atom. The molecule has 0 fully saturated rings. The molecule has 2 aromatic rings. The number of nitrogens with two attached hydrogens (primary N) is 1. The maximum Gasteiger partial charge on any atom is 0.337 e. The van der Waals surface area contributed by atoms with E-state index in [1.165, 1.54) is 17.8 Å². The van der Waals surface area contributed by atoms with Gasteiger partial charge in [0.1, 0.15) is 0 Å². The van der Waals surface area contributed by atoms with Crippen molar-refractivity contribution < 1.29 is 9.90 Å². The molecule has 0 saturated heterocycles. The number of anilines is 1. The molecule has 92 valence electrons. The molecule has 0 aliphatic carbocycles. The third-order valence-electron chi connectivity index (χ3n) is 2.32. The van der Waals surface area contributed by atoms with E-state index in [-0.39, 0.29) is 11.3 Å². The maximum atomic E-state index is 10.9. The molecule has 0 radical (unpaired) electrons. The molecule has 0 amide bonds. The van der Waals surface area contributed by atoms with Crippen molar-refractivity contribution in [1.82, 2.24) is 0 Å². The highest BCUT2D eigenvalue weighted by Gasteiger charge is 2.09. The first-order valence-corrected chi connectivity index (χ1v) is 6.74. The van der Waals surface area contributed by atoms with Gasteiger partial charge in [0.05, 0.1) is 5.56 Å². The van der Waals surface area contributed by atoms with Gasteiger partial charge in [-0.25, -0.2) is 4.79 Å². The Hall–Kier alpha value is -1.46. The second-order valence-electron chi connectivity index (χ2n) is 3.59. The van der Waals surface area contributed by atoms with Crippen molar-refractivity contribution in [3.05, 3.63) is 52.5 Å². The van der Waals surface area contributed by atoms with Crippen LogP contribution in [-0.2, 0) is 0 Å². The van der Waals surface area contributed by atoms with Crippen LogP contribution in [0.4, 0.5) is 5.69 Å². The van der Waals surface area contributed by atoms with Gasteiger partial charge in [-0.05, 0) is 46.3 Å². The first kappa shape index (κ1) is 13.0. The molecule has 0 aliphatic heterocycles. The number of nitrogen functional groups attached to an aromatic ring is 1. The van der Waals surface area contributed by atoms with E-state index in [1.54, 1.807) is 12.1 Å². The lowest BCUT2D eigenvalue weighted by atomic mass is 10.2. The number of carbonyl (C=O) groups is 1. The number of benzene rings is 2. The molecule has 0 spiro atoms. The van der Waals surface area contributed by atoms with Gasteiger partial charge in [0.15, 0.2) is 0 Å². The first-order valence-electron chi connectivity index (χ1n) is 5.13. The number of halogens is 1. The molecule has 0 aromatic heterocycles. The molecule has 0 atom stereocenters. The summed E-state index contributed by atoms with van der Waals surface area (Å²) >= 11 is 4.99. The summed E-state index contributed by atoms with van der Waals surface area (Å²) < 4.78 is 0.996. The largest absolute Gasteiger partial charge is 0.478 e.